The van der Waals surface area contributed by atoms with Gasteiger partial charge < -0.3 is 10.3 Å². The minimum absolute atomic E-state index is 0.0646. The number of aromatic amines is 1. The molecule has 1 fully saturated rings. The van der Waals surface area contributed by atoms with E-state index in [4.69, 9.17) is 0 Å². The quantitative estimate of drug-likeness (QED) is 0.818. The summed E-state index contributed by atoms with van der Waals surface area (Å²) in [5, 5.41) is 3.31. The molecule has 2 N–H and O–H groups in total. The van der Waals surface area contributed by atoms with E-state index in [1.54, 1.807) is 0 Å². The lowest BCUT2D eigenvalue weighted by molar-refractivity contribution is 0.232. The van der Waals surface area contributed by atoms with Crippen molar-refractivity contribution in [1.29, 1.82) is 0 Å². The van der Waals surface area contributed by atoms with Crippen molar-refractivity contribution in [3.8, 4) is 0 Å². The second-order valence-corrected chi connectivity index (χ2v) is 4.95. The van der Waals surface area contributed by atoms with E-state index >= 15 is 0 Å². The van der Waals surface area contributed by atoms with Crippen LogP contribution in [0.15, 0.2) is 16.9 Å². The highest BCUT2D eigenvalue weighted by Gasteiger charge is 2.12. The molecule has 0 aliphatic carbocycles. The number of nitrogens with zero attached hydrogens (tertiary/aromatic N) is 1. The van der Waals surface area contributed by atoms with Crippen molar-refractivity contribution < 1.29 is 0 Å². The zero-order valence-corrected chi connectivity index (χ0v) is 10.6. The second kappa shape index (κ2) is 5.47. The zero-order chi connectivity index (χ0) is 12.3. The maximum atomic E-state index is 11.9. The van der Waals surface area contributed by atoms with Crippen LogP contribution in [0, 0.1) is 0 Å². The van der Waals surface area contributed by atoms with Crippen LogP contribution in [0.4, 0.5) is 0 Å². The first-order chi connectivity index (χ1) is 8.16. The Balaban J connectivity index is 2.08. The summed E-state index contributed by atoms with van der Waals surface area (Å²) in [4.78, 5) is 17.2. The van der Waals surface area contributed by atoms with Crippen molar-refractivity contribution in [3.05, 3.63) is 33.7 Å². The molecule has 1 aromatic rings. The van der Waals surface area contributed by atoms with E-state index in [9.17, 15) is 4.79 Å². The maximum Gasteiger partial charge on any atom is 0.252 e. The number of pyridine rings is 1. The Labute approximate surface area is 102 Å². The summed E-state index contributed by atoms with van der Waals surface area (Å²) in [6.45, 7) is 9.00. The van der Waals surface area contributed by atoms with E-state index in [0.29, 0.717) is 5.92 Å². The molecular formula is C13H21N3O. The first kappa shape index (κ1) is 12.3. The molecule has 0 spiro atoms. The third-order valence-corrected chi connectivity index (χ3v) is 3.24. The molecule has 1 aromatic heterocycles. The predicted octanol–water partition coefficient (Wildman–Crippen LogP) is 0.903. The van der Waals surface area contributed by atoms with Crippen molar-refractivity contribution in [2.24, 2.45) is 0 Å². The lowest BCUT2D eigenvalue weighted by Gasteiger charge is -2.26. The first-order valence-electron chi connectivity index (χ1n) is 6.32. The Hall–Kier alpha value is -1.13. The molecule has 0 bridgehead atoms. The molecule has 0 amide bonds. The largest absolute Gasteiger partial charge is 0.326 e. The molecule has 0 unspecified atom stereocenters. The van der Waals surface area contributed by atoms with Crippen LogP contribution in [0.25, 0.3) is 0 Å². The molecule has 0 saturated carbocycles. The van der Waals surface area contributed by atoms with Crippen LogP contribution >= 0.6 is 0 Å². The lowest BCUT2D eigenvalue weighted by Crippen LogP contribution is -2.43. The van der Waals surface area contributed by atoms with Crippen molar-refractivity contribution in [1.82, 2.24) is 15.2 Å². The summed E-state index contributed by atoms with van der Waals surface area (Å²) in [7, 11) is 0. The Morgan fingerprint density at radius 3 is 2.59 bits per heavy atom. The highest BCUT2D eigenvalue weighted by atomic mass is 16.1. The van der Waals surface area contributed by atoms with Gasteiger partial charge >= 0.3 is 0 Å². The van der Waals surface area contributed by atoms with E-state index in [0.717, 1.165) is 44.0 Å². The standard InChI is InChI=1S/C13H21N3O/c1-10(2)12-4-3-11(13(17)15-12)9-16-7-5-14-6-8-16/h3-4,10,14H,5-9H2,1-2H3,(H,15,17). The van der Waals surface area contributed by atoms with Crippen molar-refractivity contribution in [2.75, 3.05) is 26.2 Å². The van der Waals surface area contributed by atoms with Gasteiger partial charge in [0.05, 0.1) is 0 Å². The summed E-state index contributed by atoms with van der Waals surface area (Å²) in [5.41, 5.74) is 1.95. The maximum absolute atomic E-state index is 11.9. The van der Waals surface area contributed by atoms with Gasteiger partial charge in [0.25, 0.3) is 5.56 Å². The molecule has 94 valence electrons. The van der Waals surface area contributed by atoms with Gasteiger partial charge in [0, 0.05) is 44.0 Å². The van der Waals surface area contributed by atoms with Crippen LogP contribution in [0.3, 0.4) is 0 Å². The van der Waals surface area contributed by atoms with Gasteiger partial charge in [-0.05, 0) is 12.0 Å². The van der Waals surface area contributed by atoms with Crippen molar-refractivity contribution in [3.63, 3.8) is 0 Å². The normalized spacial score (nSPS) is 17.6. The average Bonchev–Trinajstić information content (AvgIpc) is 2.33. The monoisotopic (exact) mass is 235 g/mol. The summed E-state index contributed by atoms with van der Waals surface area (Å²) in [5.74, 6) is 0.371. The van der Waals surface area contributed by atoms with E-state index in [-0.39, 0.29) is 5.56 Å². The molecule has 2 heterocycles. The van der Waals surface area contributed by atoms with Gasteiger partial charge in [-0.25, -0.2) is 0 Å². The minimum Gasteiger partial charge on any atom is -0.326 e. The van der Waals surface area contributed by atoms with Crippen LogP contribution in [0.1, 0.15) is 31.0 Å². The highest BCUT2D eigenvalue weighted by Crippen LogP contribution is 2.10. The van der Waals surface area contributed by atoms with E-state index in [1.807, 2.05) is 12.1 Å². The summed E-state index contributed by atoms with van der Waals surface area (Å²) < 4.78 is 0. The molecule has 0 radical (unpaired) electrons. The number of rotatable bonds is 3. The SMILES string of the molecule is CC(C)c1ccc(CN2CCNCC2)c(=O)[nH]1. The molecule has 1 aliphatic heterocycles. The third kappa shape index (κ3) is 3.17. The van der Waals surface area contributed by atoms with Gasteiger partial charge in [-0.1, -0.05) is 19.9 Å². The van der Waals surface area contributed by atoms with E-state index in [1.165, 1.54) is 0 Å². The Morgan fingerprint density at radius 2 is 2.00 bits per heavy atom. The topological polar surface area (TPSA) is 48.1 Å². The van der Waals surface area contributed by atoms with Gasteiger partial charge in [-0.2, -0.15) is 0 Å². The Bertz CT molecular complexity index is 419. The lowest BCUT2D eigenvalue weighted by atomic mass is 10.1. The van der Waals surface area contributed by atoms with Crippen molar-refractivity contribution >= 4 is 0 Å². The molecule has 0 atom stereocenters. The summed E-state index contributed by atoms with van der Waals surface area (Å²) in [6, 6.07) is 4.00. The predicted molar refractivity (Wildman–Crippen MR) is 69.3 cm³/mol. The van der Waals surface area contributed by atoms with Gasteiger partial charge in [0.2, 0.25) is 0 Å². The molecule has 4 heteroatoms. The minimum atomic E-state index is 0.0646. The molecule has 1 aliphatic rings. The fourth-order valence-corrected chi connectivity index (χ4v) is 2.09. The first-order valence-corrected chi connectivity index (χ1v) is 6.32. The average molecular weight is 235 g/mol. The van der Waals surface area contributed by atoms with Crippen LogP contribution in [-0.2, 0) is 6.54 Å². The molecule has 2 rings (SSSR count). The van der Waals surface area contributed by atoms with E-state index in [2.05, 4.69) is 29.0 Å². The van der Waals surface area contributed by atoms with Crippen LogP contribution in [0.5, 0.6) is 0 Å². The molecular weight excluding hydrogens is 214 g/mol. The molecule has 1 saturated heterocycles. The van der Waals surface area contributed by atoms with Gasteiger partial charge in [0.1, 0.15) is 0 Å². The van der Waals surface area contributed by atoms with Crippen LogP contribution < -0.4 is 10.9 Å². The number of H-pyrrole nitrogens is 1. The summed E-state index contributed by atoms with van der Waals surface area (Å²) in [6.07, 6.45) is 0. The zero-order valence-electron chi connectivity index (χ0n) is 10.6. The Kier molecular flexibility index (Phi) is 3.97. The molecule has 17 heavy (non-hydrogen) atoms. The van der Waals surface area contributed by atoms with E-state index < -0.39 is 0 Å². The number of hydrogen-bond donors (Lipinski definition) is 2. The second-order valence-electron chi connectivity index (χ2n) is 4.95. The number of piperazine rings is 1. The van der Waals surface area contributed by atoms with Crippen molar-refractivity contribution in [2.45, 2.75) is 26.3 Å². The smallest absolute Gasteiger partial charge is 0.252 e. The van der Waals surface area contributed by atoms with Gasteiger partial charge in [0.15, 0.2) is 0 Å². The molecule has 0 aromatic carbocycles. The fourth-order valence-electron chi connectivity index (χ4n) is 2.09. The summed E-state index contributed by atoms with van der Waals surface area (Å²) >= 11 is 0. The third-order valence-electron chi connectivity index (χ3n) is 3.24. The van der Waals surface area contributed by atoms with Gasteiger partial charge in [-0.15, -0.1) is 0 Å². The fraction of sp³-hybridized carbons (Fsp3) is 0.615. The number of hydrogen-bond acceptors (Lipinski definition) is 3. The van der Waals surface area contributed by atoms with Crippen LogP contribution in [0.2, 0.25) is 0 Å². The van der Waals surface area contributed by atoms with Gasteiger partial charge in [-0.3, -0.25) is 9.69 Å². The van der Waals surface area contributed by atoms with Crippen LogP contribution in [-0.4, -0.2) is 36.1 Å². The number of aromatic nitrogens is 1. The highest BCUT2D eigenvalue weighted by molar-refractivity contribution is 5.16. The Morgan fingerprint density at radius 1 is 1.29 bits per heavy atom. The molecule has 4 nitrogen and oxygen atoms in total. The number of nitrogens with one attached hydrogen (secondary N) is 2.